The molecule has 0 spiro atoms. The lowest BCUT2D eigenvalue weighted by Crippen LogP contribution is -2.40. The predicted molar refractivity (Wildman–Crippen MR) is 130 cm³/mol. The van der Waals surface area contributed by atoms with Crippen LogP contribution in [0.15, 0.2) is 36.4 Å². The van der Waals surface area contributed by atoms with Crippen LogP contribution in [0, 0.1) is 0 Å². The van der Waals surface area contributed by atoms with E-state index in [9.17, 15) is 9.90 Å². The molecule has 8 heteroatoms. The third-order valence-corrected chi connectivity index (χ3v) is 5.82. The molecule has 0 aliphatic carbocycles. The minimum absolute atomic E-state index is 0.126. The van der Waals surface area contributed by atoms with E-state index >= 15 is 0 Å². The van der Waals surface area contributed by atoms with Gasteiger partial charge < -0.3 is 30.0 Å². The molecule has 3 atom stereocenters. The van der Waals surface area contributed by atoms with Crippen LogP contribution in [-0.4, -0.2) is 42.4 Å². The van der Waals surface area contributed by atoms with Crippen LogP contribution >= 0.6 is 11.6 Å². The number of rotatable bonds is 12. The van der Waals surface area contributed by atoms with Crippen LogP contribution in [0.4, 0.5) is 4.79 Å². The van der Waals surface area contributed by atoms with E-state index in [0.717, 1.165) is 5.56 Å². The highest BCUT2D eigenvalue weighted by Gasteiger charge is 2.28. The topological polar surface area (TPSA) is 94.2 Å². The van der Waals surface area contributed by atoms with Crippen molar-refractivity contribution in [3.8, 4) is 11.5 Å². The molecule has 2 rings (SSSR count). The summed E-state index contributed by atoms with van der Waals surface area (Å²) in [5.74, 6) is 0.806. The Morgan fingerprint density at radius 3 is 2.30 bits per heavy atom. The number of nitrogens with zero attached hydrogens (tertiary/aromatic N) is 1. The van der Waals surface area contributed by atoms with Crippen molar-refractivity contribution in [1.29, 1.82) is 0 Å². The number of aliphatic hydroxyl groups excluding tert-OH is 1. The molecule has 7 nitrogen and oxygen atoms in total. The lowest BCUT2D eigenvalue weighted by Gasteiger charge is -2.30. The third-order valence-electron chi connectivity index (χ3n) is 5.43. The van der Waals surface area contributed by atoms with Crippen molar-refractivity contribution in [2.24, 2.45) is 5.73 Å². The fourth-order valence-electron chi connectivity index (χ4n) is 3.71. The zero-order valence-electron chi connectivity index (χ0n) is 20.0. The van der Waals surface area contributed by atoms with E-state index in [1.165, 1.54) is 4.90 Å². The van der Waals surface area contributed by atoms with Gasteiger partial charge in [0.05, 0.1) is 48.7 Å². The van der Waals surface area contributed by atoms with Gasteiger partial charge in [0.15, 0.2) is 0 Å². The van der Waals surface area contributed by atoms with E-state index in [1.807, 2.05) is 58.0 Å². The quantitative estimate of drug-likeness (QED) is 0.425. The molecule has 0 aliphatic heterocycles. The average Bonchev–Trinajstić information content (AvgIpc) is 2.78. The molecule has 0 radical (unpaired) electrons. The van der Waals surface area contributed by atoms with E-state index in [1.54, 1.807) is 13.0 Å². The Balaban J connectivity index is 2.30. The lowest BCUT2D eigenvalue weighted by molar-refractivity contribution is 0.0485. The zero-order valence-corrected chi connectivity index (χ0v) is 20.8. The molecule has 3 N–H and O–H groups in total. The van der Waals surface area contributed by atoms with Gasteiger partial charge in [0, 0.05) is 12.1 Å². The Morgan fingerprint density at radius 2 is 1.76 bits per heavy atom. The van der Waals surface area contributed by atoms with Crippen molar-refractivity contribution in [3.05, 3.63) is 58.1 Å². The lowest BCUT2D eigenvalue weighted by atomic mass is 9.99. The molecule has 0 heterocycles. The van der Waals surface area contributed by atoms with Gasteiger partial charge in [0.2, 0.25) is 0 Å². The van der Waals surface area contributed by atoms with Gasteiger partial charge in [0.25, 0.3) is 0 Å². The van der Waals surface area contributed by atoms with Crippen LogP contribution in [0.2, 0.25) is 5.02 Å². The number of primary amides is 1. The molecule has 0 aliphatic rings. The third kappa shape index (κ3) is 6.76. The first-order chi connectivity index (χ1) is 15.7. The van der Waals surface area contributed by atoms with Crippen molar-refractivity contribution in [3.63, 3.8) is 0 Å². The minimum atomic E-state index is -0.852. The fourth-order valence-corrected chi connectivity index (χ4v) is 4.08. The summed E-state index contributed by atoms with van der Waals surface area (Å²) in [5, 5.41) is 10.6. The van der Waals surface area contributed by atoms with Crippen molar-refractivity contribution in [2.45, 2.75) is 52.9 Å². The first kappa shape index (κ1) is 26.8. The molecule has 0 bridgehead atoms. The summed E-state index contributed by atoms with van der Waals surface area (Å²) in [7, 11) is 0. The molecule has 0 saturated carbocycles. The molecule has 0 saturated heterocycles. The molecular formula is C25H35ClN2O5. The molecule has 1 unspecified atom stereocenters. The van der Waals surface area contributed by atoms with Crippen molar-refractivity contribution in [2.75, 3.05) is 26.4 Å². The summed E-state index contributed by atoms with van der Waals surface area (Å²) in [6.07, 6.45) is -0.977. The van der Waals surface area contributed by atoms with Crippen molar-refractivity contribution in [1.82, 2.24) is 4.90 Å². The van der Waals surface area contributed by atoms with E-state index in [2.05, 4.69) is 0 Å². The van der Waals surface area contributed by atoms with E-state index in [-0.39, 0.29) is 12.6 Å². The normalized spacial score (nSPS) is 13.8. The van der Waals surface area contributed by atoms with Crippen LogP contribution < -0.4 is 15.2 Å². The summed E-state index contributed by atoms with van der Waals surface area (Å²) in [5.41, 5.74) is 7.85. The molecule has 2 aromatic rings. The van der Waals surface area contributed by atoms with Gasteiger partial charge in [-0.3, -0.25) is 0 Å². The second-order valence-electron chi connectivity index (χ2n) is 7.69. The maximum Gasteiger partial charge on any atom is 0.315 e. The Hall–Kier alpha value is -2.48. The standard InChI is InChI=1S/C25H35ClN2O5/c1-6-31-21-15-20(23(26)24(32-7-2)22(21)17(4)29)16(3)28(25(27)30)13-14-33-18(5)19-11-9-8-10-12-19/h8-12,15-18,29H,6-7,13-14H2,1-5H3,(H2,27,30)/t16-,17?,18+/m1/s1. The highest BCUT2D eigenvalue weighted by Crippen LogP contribution is 2.45. The largest absolute Gasteiger partial charge is 0.493 e. The van der Waals surface area contributed by atoms with Gasteiger partial charge in [-0.15, -0.1) is 0 Å². The van der Waals surface area contributed by atoms with E-state index in [0.29, 0.717) is 47.5 Å². The molecule has 0 fully saturated rings. The van der Waals surface area contributed by atoms with Gasteiger partial charge in [-0.2, -0.15) is 0 Å². The SMILES string of the molecule is CCOc1cc([C@@H](C)N(CCO[C@@H](C)c2ccccc2)C(N)=O)c(Cl)c(OCC)c1C(C)O. The highest BCUT2D eigenvalue weighted by molar-refractivity contribution is 6.33. The maximum atomic E-state index is 12.3. The second-order valence-corrected chi connectivity index (χ2v) is 8.07. The second kappa shape index (κ2) is 12.7. The number of carbonyl (C=O) groups is 1. The van der Waals surface area contributed by atoms with Gasteiger partial charge in [-0.1, -0.05) is 41.9 Å². The minimum Gasteiger partial charge on any atom is -0.493 e. The number of carbonyl (C=O) groups excluding carboxylic acids is 1. The first-order valence-electron chi connectivity index (χ1n) is 11.2. The summed E-state index contributed by atoms with van der Waals surface area (Å²) in [6, 6.07) is 10.5. The van der Waals surface area contributed by atoms with Crippen LogP contribution in [0.25, 0.3) is 0 Å². The van der Waals surface area contributed by atoms with Crippen LogP contribution in [0.1, 0.15) is 69.6 Å². The Kier molecular flexibility index (Phi) is 10.3. The van der Waals surface area contributed by atoms with E-state index < -0.39 is 18.2 Å². The van der Waals surface area contributed by atoms with Crippen LogP contribution in [0.5, 0.6) is 11.5 Å². The average molecular weight is 479 g/mol. The van der Waals surface area contributed by atoms with Crippen LogP contribution in [-0.2, 0) is 4.74 Å². The predicted octanol–water partition coefficient (Wildman–Crippen LogP) is 5.41. The number of aliphatic hydroxyl groups is 1. The van der Waals surface area contributed by atoms with Gasteiger partial charge in [-0.25, -0.2) is 4.79 Å². The molecule has 33 heavy (non-hydrogen) atoms. The zero-order chi connectivity index (χ0) is 24.5. The Labute approximate surface area is 201 Å². The molecule has 2 amide bonds. The van der Waals surface area contributed by atoms with Gasteiger partial charge in [-0.05, 0) is 46.2 Å². The Morgan fingerprint density at radius 1 is 1.12 bits per heavy atom. The molecule has 2 aromatic carbocycles. The fraction of sp³-hybridized carbons (Fsp3) is 0.480. The molecule has 182 valence electrons. The number of hydrogen-bond donors (Lipinski definition) is 2. The number of nitrogens with two attached hydrogens (primary N) is 1. The van der Waals surface area contributed by atoms with Crippen LogP contribution in [0.3, 0.4) is 0 Å². The number of urea groups is 1. The van der Waals surface area contributed by atoms with Crippen molar-refractivity contribution < 1.29 is 24.1 Å². The first-order valence-corrected chi connectivity index (χ1v) is 11.6. The summed E-state index contributed by atoms with van der Waals surface area (Å²) >= 11 is 6.72. The summed E-state index contributed by atoms with van der Waals surface area (Å²) in [4.78, 5) is 13.8. The number of amides is 2. The van der Waals surface area contributed by atoms with E-state index in [4.69, 9.17) is 31.5 Å². The Bertz CT molecular complexity index is 907. The number of halogens is 1. The monoisotopic (exact) mass is 478 g/mol. The van der Waals surface area contributed by atoms with Crippen molar-refractivity contribution >= 4 is 17.6 Å². The molecular weight excluding hydrogens is 444 g/mol. The van der Waals surface area contributed by atoms with Gasteiger partial charge in [0.1, 0.15) is 11.5 Å². The maximum absolute atomic E-state index is 12.3. The summed E-state index contributed by atoms with van der Waals surface area (Å²) in [6.45, 7) is 10.4. The number of ether oxygens (including phenoxy) is 3. The number of benzene rings is 2. The smallest absolute Gasteiger partial charge is 0.315 e. The highest BCUT2D eigenvalue weighted by atomic mass is 35.5. The van der Waals surface area contributed by atoms with Gasteiger partial charge >= 0.3 is 6.03 Å². The summed E-state index contributed by atoms with van der Waals surface area (Å²) < 4.78 is 17.5. The number of hydrogen-bond acceptors (Lipinski definition) is 5. The molecule has 0 aromatic heterocycles.